The predicted octanol–water partition coefficient (Wildman–Crippen LogP) is 2.89. The second kappa shape index (κ2) is 5.17. The second-order valence-corrected chi connectivity index (χ2v) is 7.03. The second-order valence-electron chi connectivity index (χ2n) is 7.03. The summed E-state index contributed by atoms with van der Waals surface area (Å²) in [7, 11) is 0. The Morgan fingerprint density at radius 3 is 2.29 bits per heavy atom. The molecule has 0 atom stereocenters. The lowest BCUT2D eigenvalue weighted by Gasteiger charge is -2.17. The first kappa shape index (κ1) is 14.2. The molecule has 98 valence electrons. The molecule has 4 nitrogen and oxygen atoms in total. The normalized spacial score (nSPS) is 13.1. The average Bonchev–Trinajstić information content (AvgIpc) is 2.46. The number of nitrogens with zero attached hydrogens (tertiary/aromatic N) is 3. The standard InChI is InChI=1S/C13H25N3O/c1-12(2,3)7-11-8-16(15-14-11)10-17-9-13(4,5)6/h8H,7,9-10H2,1-6H3. The summed E-state index contributed by atoms with van der Waals surface area (Å²) in [5.74, 6) is 0. The summed E-state index contributed by atoms with van der Waals surface area (Å²) in [4.78, 5) is 0. The summed E-state index contributed by atoms with van der Waals surface area (Å²) >= 11 is 0. The van der Waals surface area contributed by atoms with Crippen LogP contribution in [0.1, 0.15) is 47.2 Å². The molecule has 1 rings (SSSR count). The van der Waals surface area contributed by atoms with Crippen LogP contribution in [0.4, 0.5) is 0 Å². The Morgan fingerprint density at radius 2 is 1.76 bits per heavy atom. The fourth-order valence-corrected chi connectivity index (χ4v) is 1.47. The molecule has 17 heavy (non-hydrogen) atoms. The van der Waals surface area contributed by atoms with E-state index in [4.69, 9.17) is 4.74 Å². The molecule has 1 heterocycles. The van der Waals surface area contributed by atoms with Crippen LogP contribution in [-0.4, -0.2) is 21.6 Å². The maximum atomic E-state index is 5.59. The first-order valence-corrected chi connectivity index (χ1v) is 6.12. The van der Waals surface area contributed by atoms with Gasteiger partial charge in [-0.25, -0.2) is 4.68 Å². The zero-order valence-electron chi connectivity index (χ0n) is 11.9. The van der Waals surface area contributed by atoms with Gasteiger partial charge in [0.2, 0.25) is 0 Å². The summed E-state index contributed by atoms with van der Waals surface area (Å²) in [6.45, 7) is 14.3. The van der Waals surface area contributed by atoms with Gasteiger partial charge in [0, 0.05) is 0 Å². The smallest absolute Gasteiger partial charge is 0.141 e. The van der Waals surface area contributed by atoms with Crippen molar-refractivity contribution in [1.82, 2.24) is 15.0 Å². The highest BCUT2D eigenvalue weighted by Gasteiger charge is 2.14. The van der Waals surface area contributed by atoms with Crippen LogP contribution in [0.3, 0.4) is 0 Å². The van der Waals surface area contributed by atoms with E-state index in [2.05, 4.69) is 51.9 Å². The molecular weight excluding hydrogens is 214 g/mol. The van der Waals surface area contributed by atoms with Gasteiger partial charge in [-0.2, -0.15) is 0 Å². The molecule has 0 spiro atoms. The minimum absolute atomic E-state index is 0.189. The molecule has 1 aromatic rings. The van der Waals surface area contributed by atoms with Crippen LogP contribution < -0.4 is 0 Å². The fraction of sp³-hybridized carbons (Fsp3) is 0.846. The Bertz CT molecular complexity index is 344. The molecule has 0 aromatic carbocycles. The van der Waals surface area contributed by atoms with Gasteiger partial charge in [-0.15, -0.1) is 5.10 Å². The van der Waals surface area contributed by atoms with Crippen molar-refractivity contribution in [2.45, 2.75) is 54.7 Å². The zero-order valence-corrected chi connectivity index (χ0v) is 11.9. The van der Waals surface area contributed by atoms with Crippen molar-refractivity contribution in [3.05, 3.63) is 11.9 Å². The highest BCUT2D eigenvalue weighted by molar-refractivity contribution is 4.95. The van der Waals surface area contributed by atoms with E-state index < -0.39 is 0 Å². The van der Waals surface area contributed by atoms with Gasteiger partial charge in [0.1, 0.15) is 6.73 Å². The SMILES string of the molecule is CC(C)(C)COCn1cc(CC(C)(C)C)nn1. The molecule has 1 aromatic heterocycles. The van der Waals surface area contributed by atoms with Gasteiger partial charge in [0.05, 0.1) is 18.5 Å². The third-order valence-corrected chi connectivity index (χ3v) is 2.06. The van der Waals surface area contributed by atoms with Crippen molar-refractivity contribution in [2.24, 2.45) is 10.8 Å². The molecule has 0 aliphatic rings. The summed E-state index contributed by atoms with van der Waals surface area (Å²) in [5.41, 5.74) is 1.46. The third-order valence-electron chi connectivity index (χ3n) is 2.06. The van der Waals surface area contributed by atoms with E-state index in [-0.39, 0.29) is 10.8 Å². The summed E-state index contributed by atoms with van der Waals surface area (Å²) in [6.07, 6.45) is 2.90. The lowest BCUT2D eigenvalue weighted by atomic mass is 9.91. The van der Waals surface area contributed by atoms with Crippen LogP contribution >= 0.6 is 0 Å². The van der Waals surface area contributed by atoms with E-state index in [1.165, 1.54) is 0 Å². The molecule has 0 unspecified atom stereocenters. The largest absolute Gasteiger partial charge is 0.359 e. The number of hydrogen-bond donors (Lipinski definition) is 0. The van der Waals surface area contributed by atoms with Gasteiger partial charge >= 0.3 is 0 Å². The molecule has 0 amide bonds. The molecule has 0 aliphatic heterocycles. The molecule has 0 fully saturated rings. The zero-order chi connectivity index (χ0) is 13.1. The average molecular weight is 239 g/mol. The van der Waals surface area contributed by atoms with Gasteiger partial charge in [-0.3, -0.25) is 0 Å². The number of aromatic nitrogens is 3. The number of hydrogen-bond acceptors (Lipinski definition) is 3. The van der Waals surface area contributed by atoms with Gasteiger partial charge < -0.3 is 4.74 Å². The quantitative estimate of drug-likeness (QED) is 0.811. The van der Waals surface area contributed by atoms with Crippen LogP contribution in [0.5, 0.6) is 0 Å². The Kier molecular flexibility index (Phi) is 4.31. The highest BCUT2D eigenvalue weighted by Crippen LogP contribution is 2.18. The Hall–Kier alpha value is -0.900. The minimum Gasteiger partial charge on any atom is -0.359 e. The Balaban J connectivity index is 2.41. The van der Waals surface area contributed by atoms with Crippen molar-refractivity contribution < 1.29 is 4.74 Å². The van der Waals surface area contributed by atoms with E-state index in [9.17, 15) is 0 Å². The van der Waals surface area contributed by atoms with Gasteiger partial charge in [-0.1, -0.05) is 46.8 Å². The number of rotatable bonds is 4. The van der Waals surface area contributed by atoms with E-state index >= 15 is 0 Å². The summed E-state index contributed by atoms with van der Waals surface area (Å²) in [6, 6.07) is 0. The molecule has 0 radical (unpaired) electrons. The van der Waals surface area contributed by atoms with E-state index in [1.54, 1.807) is 4.68 Å². The fourth-order valence-electron chi connectivity index (χ4n) is 1.47. The van der Waals surface area contributed by atoms with Crippen molar-refractivity contribution in [3.8, 4) is 0 Å². The van der Waals surface area contributed by atoms with Gasteiger partial charge in [-0.05, 0) is 17.3 Å². The molecule has 0 saturated carbocycles. The first-order valence-electron chi connectivity index (χ1n) is 6.12. The molecular formula is C13H25N3O. The Labute approximate surface area is 104 Å². The highest BCUT2D eigenvalue weighted by atomic mass is 16.5. The molecule has 0 aliphatic carbocycles. The topological polar surface area (TPSA) is 39.9 Å². The Morgan fingerprint density at radius 1 is 1.12 bits per heavy atom. The molecule has 4 heteroatoms. The third kappa shape index (κ3) is 6.41. The minimum atomic E-state index is 0.189. The molecule has 0 bridgehead atoms. The number of ether oxygens (including phenoxy) is 1. The van der Waals surface area contributed by atoms with Crippen LogP contribution in [0.15, 0.2) is 6.20 Å². The first-order chi connectivity index (χ1) is 7.66. The molecule has 0 saturated heterocycles. The maximum Gasteiger partial charge on any atom is 0.141 e. The summed E-state index contributed by atoms with van der Waals surface area (Å²) < 4.78 is 7.34. The van der Waals surface area contributed by atoms with Gasteiger partial charge in [0.25, 0.3) is 0 Å². The van der Waals surface area contributed by atoms with E-state index in [1.807, 2.05) is 6.20 Å². The van der Waals surface area contributed by atoms with E-state index in [0.717, 1.165) is 18.7 Å². The van der Waals surface area contributed by atoms with Crippen LogP contribution in [0.25, 0.3) is 0 Å². The van der Waals surface area contributed by atoms with E-state index in [0.29, 0.717) is 6.73 Å². The van der Waals surface area contributed by atoms with Crippen molar-refractivity contribution in [2.75, 3.05) is 6.61 Å². The van der Waals surface area contributed by atoms with Crippen LogP contribution in [0.2, 0.25) is 0 Å². The van der Waals surface area contributed by atoms with Crippen molar-refractivity contribution in [3.63, 3.8) is 0 Å². The lowest BCUT2D eigenvalue weighted by molar-refractivity contribution is 0.0206. The lowest BCUT2D eigenvalue weighted by Crippen LogP contribution is -2.16. The van der Waals surface area contributed by atoms with Crippen molar-refractivity contribution >= 4 is 0 Å². The van der Waals surface area contributed by atoms with Crippen LogP contribution in [-0.2, 0) is 17.9 Å². The monoisotopic (exact) mass is 239 g/mol. The van der Waals surface area contributed by atoms with Crippen LogP contribution in [0, 0.1) is 10.8 Å². The van der Waals surface area contributed by atoms with Crippen molar-refractivity contribution in [1.29, 1.82) is 0 Å². The molecule has 0 N–H and O–H groups in total. The predicted molar refractivity (Wildman–Crippen MR) is 68.6 cm³/mol. The maximum absolute atomic E-state index is 5.59. The van der Waals surface area contributed by atoms with Gasteiger partial charge in [0.15, 0.2) is 0 Å². The summed E-state index contributed by atoms with van der Waals surface area (Å²) in [5, 5.41) is 8.21.